The fraction of sp³-hybridized carbons (Fsp3) is 0.316. The van der Waals surface area contributed by atoms with Crippen molar-refractivity contribution in [2.75, 3.05) is 25.1 Å². The van der Waals surface area contributed by atoms with E-state index in [1.807, 2.05) is 18.5 Å². The number of aromatic nitrogens is 3. The SMILES string of the molecule is COc1ccc2c(N3CCCC(c4ccncc4)C3)ncnc2c1F. The number of piperidine rings is 1. The lowest BCUT2D eigenvalue weighted by Gasteiger charge is -2.34. The van der Waals surface area contributed by atoms with Crippen molar-refractivity contribution in [1.29, 1.82) is 0 Å². The molecule has 1 atom stereocenters. The zero-order valence-electron chi connectivity index (χ0n) is 14.0. The van der Waals surface area contributed by atoms with E-state index in [1.54, 1.807) is 6.07 Å². The van der Waals surface area contributed by atoms with Crippen molar-refractivity contribution < 1.29 is 9.13 Å². The number of pyridine rings is 1. The Kier molecular flexibility index (Phi) is 4.17. The second kappa shape index (κ2) is 6.63. The van der Waals surface area contributed by atoms with Gasteiger partial charge in [-0.25, -0.2) is 14.4 Å². The topological polar surface area (TPSA) is 51.1 Å². The number of anilines is 1. The van der Waals surface area contributed by atoms with Crippen LogP contribution in [0, 0.1) is 5.82 Å². The van der Waals surface area contributed by atoms with Gasteiger partial charge in [0.1, 0.15) is 17.7 Å². The first-order valence-corrected chi connectivity index (χ1v) is 8.40. The van der Waals surface area contributed by atoms with Crippen LogP contribution in [0.15, 0.2) is 43.0 Å². The van der Waals surface area contributed by atoms with E-state index in [0.717, 1.165) is 37.1 Å². The summed E-state index contributed by atoms with van der Waals surface area (Å²) in [6.45, 7) is 1.76. The van der Waals surface area contributed by atoms with Gasteiger partial charge >= 0.3 is 0 Å². The van der Waals surface area contributed by atoms with Crippen LogP contribution in [0.2, 0.25) is 0 Å². The fourth-order valence-electron chi connectivity index (χ4n) is 3.55. The molecule has 0 bridgehead atoms. The number of halogens is 1. The van der Waals surface area contributed by atoms with E-state index in [4.69, 9.17) is 4.74 Å². The number of methoxy groups -OCH3 is 1. The summed E-state index contributed by atoms with van der Waals surface area (Å²) in [4.78, 5) is 14.9. The first kappa shape index (κ1) is 15.7. The van der Waals surface area contributed by atoms with Crippen molar-refractivity contribution in [1.82, 2.24) is 15.0 Å². The number of ether oxygens (including phenoxy) is 1. The summed E-state index contributed by atoms with van der Waals surface area (Å²) in [5.41, 5.74) is 1.58. The lowest BCUT2D eigenvalue weighted by Crippen LogP contribution is -2.35. The number of hydrogen-bond donors (Lipinski definition) is 0. The molecule has 0 N–H and O–H groups in total. The van der Waals surface area contributed by atoms with Gasteiger partial charge in [0.25, 0.3) is 0 Å². The number of fused-ring (bicyclic) bond motifs is 1. The molecule has 4 rings (SSSR count). The van der Waals surface area contributed by atoms with Crippen molar-refractivity contribution in [3.63, 3.8) is 0 Å². The van der Waals surface area contributed by atoms with Gasteiger partial charge in [0, 0.05) is 36.8 Å². The van der Waals surface area contributed by atoms with Crippen molar-refractivity contribution in [2.24, 2.45) is 0 Å². The highest BCUT2D eigenvalue weighted by Crippen LogP contribution is 2.34. The molecule has 1 fully saturated rings. The van der Waals surface area contributed by atoms with E-state index in [9.17, 15) is 4.39 Å². The third-order valence-corrected chi connectivity index (χ3v) is 4.81. The van der Waals surface area contributed by atoms with Gasteiger partial charge in [-0.3, -0.25) is 4.98 Å². The molecule has 0 amide bonds. The van der Waals surface area contributed by atoms with Crippen LogP contribution in [-0.4, -0.2) is 35.2 Å². The van der Waals surface area contributed by atoms with Gasteiger partial charge in [0.2, 0.25) is 0 Å². The highest BCUT2D eigenvalue weighted by molar-refractivity contribution is 5.90. The maximum Gasteiger partial charge on any atom is 0.191 e. The Balaban J connectivity index is 1.71. The minimum absolute atomic E-state index is 0.199. The van der Waals surface area contributed by atoms with E-state index in [-0.39, 0.29) is 5.75 Å². The minimum atomic E-state index is -0.439. The molecule has 0 spiro atoms. The standard InChI is InChI=1S/C19H19FN4O/c1-25-16-5-4-15-18(17(16)20)22-12-23-19(15)24-10-2-3-14(11-24)13-6-8-21-9-7-13/h4-9,12,14H,2-3,10-11H2,1H3. The molecule has 3 aromatic rings. The van der Waals surface area contributed by atoms with Crippen molar-refractivity contribution >= 4 is 16.7 Å². The molecule has 5 nitrogen and oxygen atoms in total. The number of nitrogens with zero attached hydrogens (tertiary/aromatic N) is 4. The first-order valence-electron chi connectivity index (χ1n) is 8.40. The van der Waals surface area contributed by atoms with Crippen LogP contribution < -0.4 is 9.64 Å². The Hall–Kier alpha value is -2.76. The molecule has 1 aliphatic rings. The summed E-state index contributed by atoms with van der Waals surface area (Å²) in [6, 6.07) is 7.60. The van der Waals surface area contributed by atoms with Crippen LogP contribution in [0.5, 0.6) is 5.75 Å². The molecule has 6 heteroatoms. The Morgan fingerprint density at radius 1 is 1.16 bits per heavy atom. The largest absolute Gasteiger partial charge is 0.494 e. The number of rotatable bonds is 3. The van der Waals surface area contributed by atoms with Crippen molar-refractivity contribution in [3.8, 4) is 5.75 Å². The Morgan fingerprint density at radius 2 is 2.00 bits per heavy atom. The molecule has 3 heterocycles. The quantitative estimate of drug-likeness (QED) is 0.731. The average Bonchev–Trinajstić information content (AvgIpc) is 2.69. The summed E-state index contributed by atoms with van der Waals surface area (Å²) in [6.07, 6.45) is 7.28. The number of benzene rings is 1. The lowest BCUT2D eigenvalue weighted by atomic mass is 9.91. The molecule has 0 aliphatic carbocycles. The van der Waals surface area contributed by atoms with Crippen molar-refractivity contribution in [2.45, 2.75) is 18.8 Å². The molecule has 1 unspecified atom stereocenters. The van der Waals surface area contributed by atoms with Gasteiger partial charge in [0.15, 0.2) is 11.6 Å². The number of hydrogen-bond acceptors (Lipinski definition) is 5. The van der Waals surface area contributed by atoms with Gasteiger partial charge < -0.3 is 9.64 Å². The van der Waals surface area contributed by atoms with Crippen LogP contribution in [-0.2, 0) is 0 Å². The van der Waals surface area contributed by atoms with E-state index in [2.05, 4.69) is 32.0 Å². The molecule has 2 aromatic heterocycles. The van der Waals surface area contributed by atoms with Crippen LogP contribution in [0.25, 0.3) is 10.9 Å². The van der Waals surface area contributed by atoms with Crippen LogP contribution >= 0.6 is 0 Å². The van der Waals surface area contributed by atoms with Crippen LogP contribution in [0.3, 0.4) is 0 Å². The molecule has 25 heavy (non-hydrogen) atoms. The normalized spacial score (nSPS) is 17.7. The van der Waals surface area contributed by atoms with E-state index in [0.29, 0.717) is 11.4 Å². The van der Waals surface area contributed by atoms with Gasteiger partial charge in [-0.2, -0.15) is 0 Å². The maximum absolute atomic E-state index is 14.5. The third-order valence-electron chi connectivity index (χ3n) is 4.81. The van der Waals surface area contributed by atoms with Gasteiger partial charge in [-0.15, -0.1) is 0 Å². The van der Waals surface area contributed by atoms with E-state index in [1.165, 1.54) is 19.0 Å². The smallest absolute Gasteiger partial charge is 0.191 e. The molecule has 1 aliphatic heterocycles. The summed E-state index contributed by atoms with van der Waals surface area (Å²) in [7, 11) is 1.45. The highest BCUT2D eigenvalue weighted by Gasteiger charge is 2.24. The molecular formula is C19H19FN4O. The molecule has 1 saturated heterocycles. The minimum Gasteiger partial charge on any atom is -0.494 e. The Morgan fingerprint density at radius 3 is 2.80 bits per heavy atom. The Bertz CT molecular complexity index is 887. The lowest BCUT2D eigenvalue weighted by molar-refractivity contribution is 0.388. The second-order valence-corrected chi connectivity index (χ2v) is 6.24. The molecule has 1 aromatic carbocycles. The second-order valence-electron chi connectivity index (χ2n) is 6.24. The fourth-order valence-corrected chi connectivity index (χ4v) is 3.55. The predicted octanol–water partition coefficient (Wildman–Crippen LogP) is 3.56. The van der Waals surface area contributed by atoms with Crippen LogP contribution in [0.4, 0.5) is 10.2 Å². The van der Waals surface area contributed by atoms with Gasteiger partial charge in [-0.1, -0.05) is 0 Å². The van der Waals surface area contributed by atoms with Crippen molar-refractivity contribution in [3.05, 3.63) is 54.4 Å². The zero-order chi connectivity index (χ0) is 17.2. The first-order chi connectivity index (χ1) is 12.3. The summed E-state index contributed by atoms with van der Waals surface area (Å²) >= 11 is 0. The summed E-state index contributed by atoms with van der Waals surface area (Å²) in [5.74, 6) is 0.965. The summed E-state index contributed by atoms with van der Waals surface area (Å²) in [5, 5.41) is 0.719. The van der Waals surface area contributed by atoms with E-state index < -0.39 is 5.82 Å². The van der Waals surface area contributed by atoms with Gasteiger partial charge in [-0.05, 0) is 42.7 Å². The predicted molar refractivity (Wildman–Crippen MR) is 94.5 cm³/mol. The molecule has 0 saturated carbocycles. The zero-order valence-corrected chi connectivity index (χ0v) is 14.0. The summed E-state index contributed by atoms with van der Waals surface area (Å²) < 4.78 is 19.6. The van der Waals surface area contributed by atoms with Crippen LogP contribution in [0.1, 0.15) is 24.3 Å². The van der Waals surface area contributed by atoms with Gasteiger partial charge in [0.05, 0.1) is 7.11 Å². The highest BCUT2D eigenvalue weighted by atomic mass is 19.1. The molecule has 0 radical (unpaired) electrons. The maximum atomic E-state index is 14.5. The monoisotopic (exact) mass is 338 g/mol. The van der Waals surface area contributed by atoms with E-state index >= 15 is 0 Å². The molecule has 128 valence electrons. The third kappa shape index (κ3) is 2.88. The Labute approximate surface area is 145 Å². The average molecular weight is 338 g/mol. The molecular weight excluding hydrogens is 319 g/mol.